The topological polar surface area (TPSA) is 66.4 Å². The zero-order valence-corrected chi connectivity index (χ0v) is 9.74. The number of rotatable bonds is 2. The molecule has 0 saturated carbocycles. The number of aliphatic carboxylic acids is 1. The molecule has 1 saturated heterocycles. The monoisotopic (exact) mass is 257 g/mol. The zero-order valence-electron chi connectivity index (χ0n) is 8.93. The van der Waals surface area contributed by atoms with Crippen molar-refractivity contribution in [2.75, 3.05) is 11.5 Å². The lowest BCUT2D eigenvalue weighted by molar-refractivity contribution is -0.139. The van der Waals surface area contributed by atoms with Gasteiger partial charge in [0.15, 0.2) is 0 Å². The van der Waals surface area contributed by atoms with Crippen molar-refractivity contribution in [3.63, 3.8) is 0 Å². The van der Waals surface area contributed by atoms with Crippen molar-refractivity contribution in [3.8, 4) is 0 Å². The summed E-state index contributed by atoms with van der Waals surface area (Å²) < 4.78 is 24.6. The number of hydrogen-bond acceptors (Lipinski definition) is 3. The summed E-state index contributed by atoms with van der Waals surface area (Å²) in [6.45, 7) is 0. The van der Waals surface area contributed by atoms with Gasteiger partial charge in [-0.25, -0.2) is 4.39 Å². The molecule has 3 atom stereocenters. The first-order valence-corrected chi connectivity index (χ1v) is 6.64. The summed E-state index contributed by atoms with van der Waals surface area (Å²) >= 11 is 0. The number of hydrogen-bond donors (Lipinski definition) is 2. The fraction of sp³-hybridized carbons (Fsp3) is 0.364. The van der Waals surface area contributed by atoms with Crippen LogP contribution < -0.4 is 5.32 Å². The molecule has 6 heteroatoms. The molecule has 0 radical (unpaired) electrons. The summed E-state index contributed by atoms with van der Waals surface area (Å²) in [6.07, 6.45) is 0. The summed E-state index contributed by atoms with van der Waals surface area (Å²) in [5.41, 5.74) is 0.629. The number of carbonyl (C=O) groups is 1. The van der Waals surface area contributed by atoms with E-state index in [0.717, 1.165) is 0 Å². The maximum atomic E-state index is 13.1. The molecule has 0 aliphatic carbocycles. The average Bonchev–Trinajstić information content (AvgIpc) is 2.28. The predicted octanol–water partition coefficient (Wildman–Crippen LogP) is 0.672. The van der Waals surface area contributed by atoms with E-state index in [1.54, 1.807) is 12.1 Å². The van der Waals surface area contributed by atoms with Crippen molar-refractivity contribution in [2.45, 2.75) is 12.1 Å². The van der Waals surface area contributed by atoms with E-state index in [4.69, 9.17) is 5.11 Å². The number of carboxylic acid groups (broad SMARTS) is 1. The molecular formula is C11H12FNO3S. The molecule has 4 nitrogen and oxygen atoms in total. The van der Waals surface area contributed by atoms with Crippen LogP contribution in [-0.4, -0.2) is 32.8 Å². The maximum absolute atomic E-state index is 13.1. The molecule has 0 spiro atoms. The van der Waals surface area contributed by atoms with Gasteiger partial charge in [0.2, 0.25) is 0 Å². The lowest BCUT2D eigenvalue weighted by Crippen LogP contribution is -2.49. The Kier molecular flexibility index (Phi) is 3.54. The highest BCUT2D eigenvalue weighted by atomic mass is 32.2. The van der Waals surface area contributed by atoms with Crippen LogP contribution in [0.1, 0.15) is 11.6 Å². The van der Waals surface area contributed by atoms with Crippen LogP contribution in [0.5, 0.6) is 0 Å². The smallest absolute Gasteiger partial charge is 0.321 e. The molecule has 0 aromatic heterocycles. The van der Waals surface area contributed by atoms with Gasteiger partial charge in [-0.1, -0.05) is 12.1 Å². The maximum Gasteiger partial charge on any atom is 0.321 e. The molecule has 1 aliphatic rings. The zero-order chi connectivity index (χ0) is 12.4. The van der Waals surface area contributed by atoms with Crippen molar-refractivity contribution in [1.29, 1.82) is 0 Å². The standard InChI is InChI=1S/C11H12FNO3S/c12-8-3-1-2-7(4-8)9-5-17(16)6-10(13-9)11(14)15/h1-4,9-10,13H,5-6H2,(H,14,15)/t9-,10+,17+/m1/s1. The summed E-state index contributed by atoms with van der Waals surface area (Å²) in [4.78, 5) is 10.9. The Morgan fingerprint density at radius 1 is 1.47 bits per heavy atom. The van der Waals surface area contributed by atoms with E-state index in [9.17, 15) is 13.4 Å². The van der Waals surface area contributed by atoms with Gasteiger partial charge in [0.1, 0.15) is 11.9 Å². The third-order valence-electron chi connectivity index (χ3n) is 2.66. The van der Waals surface area contributed by atoms with Gasteiger partial charge in [-0.05, 0) is 17.7 Å². The average molecular weight is 257 g/mol. The highest BCUT2D eigenvalue weighted by Gasteiger charge is 2.31. The van der Waals surface area contributed by atoms with Crippen LogP contribution in [0.2, 0.25) is 0 Å². The van der Waals surface area contributed by atoms with E-state index in [0.29, 0.717) is 11.3 Å². The third kappa shape index (κ3) is 2.89. The van der Waals surface area contributed by atoms with Crippen molar-refractivity contribution in [2.24, 2.45) is 0 Å². The number of carboxylic acids is 1. The molecule has 1 heterocycles. The SMILES string of the molecule is O=C(O)[C@@H]1C[S@@](=O)C[C@H](c2cccc(F)c2)N1. The minimum atomic E-state index is -1.19. The van der Waals surface area contributed by atoms with Gasteiger partial charge in [-0.3, -0.25) is 14.3 Å². The lowest BCUT2D eigenvalue weighted by atomic mass is 10.1. The lowest BCUT2D eigenvalue weighted by Gasteiger charge is -2.28. The molecule has 0 bridgehead atoms. The Hall–Kier alpha value is -1.27. The highest BCUT2D eigenvalue weighted by molar-refractivity contribution is 7.85. The van der Waals surface area contributed by atoms with E-state index in [2.05, 4.69) is 5.32 Å². The van der Waals surface area contributed by atoms with Crippen LogP contribution in [0.3, 0.4) is 0 Å². The van der Waals surface area contributed by atoms with Crippen molar-refractivity contribution in [1.82, 2.24) is 5.32 Å². The van der Waals surface area contributed by atoms with Crippen LogP contribution in [0.15, 0.2) is 24.3 Å². The van der Waals surface area contributed by atoms with Gasteiger partial charge in [0.25, 0.3) is 0 Å². The molecule has 1 aromatic carbocycles. The van der Waals surface area contributed by atoms with E-state index < -0.39 is 22.8 Å². The number of benzene rings is 1. The second-order valence-corrected chi connectivity index (χ2v) is 5.48. The molecule has 2 rings (SSSR count). The Balaban J connectivity index is 2.21. The Morgan fingerprint density at radius 3 is 2.88 bits per heavy atom. The Labute approximate surface area is 100 Å². The first-order chi connectivity index (χ1) is 8.06. The third-order valence-corrected chi connectivity index (χ3v) is 4.07. The van der Waals surface area contributed by atoms with E-state index in [1.807, 2.05) is 0 Å². The number of halogens is 1. The Bertz CT molecular complexity index is 466. The van der Waals surface area contributed by atoms with Gasteiger partial charge in [0.05, 0.1) is 0 Å². The van der Waals surface area contributed by atoms with Crippen LogP contribution >= 0.6 is 0 Å². The second-order valence-electron chi connectivity index (χ2n) is 3.94. The highest BCUT2D eigenvalue weighted by Crippen LogP contribution is 2.20. The predicted molar refractivity (Wildman–Crippen MR) is 61.6 cm³/mol. The van der Waals surface area contributed by atoms with Gasteiger partial charge in [-0.15, -0.1) is 0 Å². The van der Waals surface area contributed by atoms with Crippen LogP contribution in [-0.2, 0) is 15.6 Å². The molecule has 92 valence electrons. The summed E-state index contributed by atoms with van der Waals surface area (Å²) in [5, 5.41) is 11.8. The van der Waals surface area contributed by atoms with E-state index in [-0.39, 0.29) is 17.6 Å². The van der Waals surface area contributed by atoms with Crippen molar-refractivity contribution < 1.29 is 18.5 Å². The quantitative estimate of drug-likeness (QED) is 0.817. The van der Waals surface area contributed by atoms with Gasteiger partial charge in [-0.2, -0.15) is 0 Å². The molecule has 17 heavy (non-hydrogen) atoms. The fourth-order valence-electron chi connectivity index (χ4n) is 1.84. The van der Waals surface area contributed by atoms with Gasteiger partial charge in [0, 0.05) is 28.3 Å². The molecule has 2 N–H and O–H groups in total. The van der Waals surface area contributed by atoms with Gasteiger partial charge >= 0.3 is 5.97 Å². The first kappa shape index (κ1) is 12.2. The summed E-state index contributed by atoms with van der Waals surface area (Å²) in [6, 6.07) is 4.69. The second kappa shape index (κ2) is 4.93. The molecule has 1 aliphatic heterocycles. The Morgan fingerprint density at radius 2 is 2.24 bits per heavy atom. The van der Waals surface area contributed by atoms with Crippen molar-refractivity contribution in [3.05, 3.63) is 35.6 Å². The van der Waals surface area contributed by atoms with Crippen LogP contribution in [0.25, 0.3) is 0 Å². The van der Waals surface area contributed by atoms with Crippen LogP contribution in [0, 0.1) is 5.82 Å². The molecule has 0 unspecified atom stereocenters. The normalized spacial score (nSPS) is 28.9. The largest absolute Gasteiger partial charge is 0.480 e. The molecule has 0 amide bonds. The minimum Gasteiger partial charge on any atom is -0.480 e. The summed E-state index contributed by atoms with van der Waals surface area (Å²) in [5.74, 6) is -0.999. The molecule has 1 fully saturated rings. The fourth-order valence-corrected chi connectivity index (χ4v) is 3.24. The van der Waals surface area contributed by atoms with E-state index in [1.165, 1.54) is 12.1 Å². The van der Waals surface area contributed by atoms with Gasteiger partial charge < -0.3 is 5.11 Å². The molecular weight excluding hydrogens is 245 g/mol. The van der Waals surface area contributed by atoms with Crippen molar-refractivity contribution >= 4 is 16.8 Å². The van der Waals surface area contributed by atoms with Crippen LogP contribution in [0.4, 0.5) is 4.39 Å². The summed E-state index contributed by atoms with van der Waals surface area (Å²) in [7, 11) is -1.19. The molecule has 1 aromatic rings. The minimum absolute atomic E-state index is 0.0984. The van der Waals surface area contributed by atoms with E-state index >= 15 is 0 Å². The number of nitrogens with one attached hydrogen (secondary N) is 1. The first-order valence-electron chi connectivity index (χ1n) is 5.15.